The van der Waals surface area contributed by atoms with E-state index in [-0.39, 0.29) is 28.1 Å². The average molecular weight is 399 g/mol. The summed E-state index contributed by atoms with van der Waals surface area (Å²) in [5.74, 6) is -0.961. The lowest BCUT2D eigenvalue weighted by Gasteiger charge is -2.16. The lowest BCUT2D eigenvalue weighted by molar-refractivity contribution is -0.127. The van der Waals surface area contributed by atoms with Crippen molar-refractivity contribution >= 4 is 29.5 Å². The van der Waals surface area contributed by atoms with Crippen LogP contribution in [0.3, 0.4) is 0 Å². The van der Waals surface area contributed by atoms with E-state index in [2.05, 4.69) is 10.6 Å². The van der Waals surface area contributed by atoms with Crippen molar-refractivity contribution in [2.24, 2.45) is 0 Å². The molecule has 0 spiro atoms. The summed E-state index contributed by atoms with van der Waals surface area (Å²) >= 11 is 6.06. The van der Waals surface area contributed by atoms with E-state index >= 15 is 0 Å². The van der Waals surface area contributed by atoms with Gasteiger partial charge < -0.3 is 19.5 Å². The molecule has 2 N–H and O–H groups in total. The van der Waals surface area contributed by atoms with Crippen LogP contribution in [0.4, 0.5) is 4.79 Å². The lowest BCUT2D eigenvalue weighted by Crippen LogP contribution is -2.47. The largest absolute Gasteiger partial charge is 0.493 e. The number of amides is 3. The Balaban J connectivity index is 1.95. The van der Waals surface area contributed by atoms with Crippen molar-refractivity contribution < 1.29 is 28.6 Å². The minimum atomic E-state index is -1.17. The zero-order valence-electron chi connectivity index (χ0n) is 15.5. The second-order valence-corrected chi connectivity index (χ2v) is 6.59. The van der Waals surface area contributed by atoms with Gasteiger partial charge in [0.2, 0.25) is 0 Å². The summed E-state index contributed by atoms with van der Waals surface area (Å²) in [6.07, 6.45) is 2.73. The normalized spacial score (nSPS) is 15.0. The van der Waals surface area contributed by atoms with Gasteiger partial charge >= 0.3 is 12.0 Å². The highest BCUT2D eigenvalue weighted by atomic mass is 35.5. The number of nitrogens with one attached hydrogen (secondary N) is 2. The van der Waals surface area contributed by atoms with Crippen LogP contribution < -0.4 is 20.1 Å². The van der Waals surface area contributed by atoms with Crippen LogP contribution >= 0.6 is 11.6 Å². The van der Waals surface area contributed by atoms with Crippen molar-refractivity contribution in [1.29, 1.82) is 0 Å². The highest BCUT2D eigenvalue weighted by molar-refractivity contribution is 6.32. The molecule has 3 amide bonds. The number of rotatable bonds is 6. The number of ether oxygens (including phenoxy) is 3. The second-order valence-electron chi connectivity index (χ2n) is 6.19. The zero-order valence-corrected chi connectivity index (χ0v) is 16.2. The van der Waals surface area contributed by atoms with Crippen molar-refractivity contribution in [2.45, 2.75) is 44.8 Å². The van der Waals surface area contributed by atoms with Crippen LogP contribution in [0.15, 0.2) is 12.1 Å². The van der Waals surface area contributed by atoms with E-state index in [9.17, 15) is 14.4 Å². The number of hydrogen-bond acceptors (Lipinski definition) is 6. The average Bonchev–Trinajstić information content (AvgIpc) is 3.13. The summed E-state index contributed by atoms with van der Waals surface area (Å²) in [6.45, 7) is 1.37. The van der Waals surface area contributed by atoms with Gasteiger partial charge in [-0.15, -0.1) is 0 Å². The molecule has 9 heteroatoms. The van der Waals surface area contributed by atoms with Gasteiger partial charge in [0.15, 0.2) is 17.6 Å². The number of urea groups is 1. The van der Waals surface area contributed by atoms with E-state index in [1.165, 1.54) is 33.3 Å². The van der Waals surface area contributed by atoms with E-state index in [0.29, 0.717) is 0 Å². The van der Waals surface area contributed by atoms with Gasteiger partial charge in [-0.05, 0) is 31.9 Å². The van der Waals surface area contributed by atoms with Crippen LogP contribution in [0.1, 0.15) is 43.0 Å². The van der Waals surface area contributed by atoms with Gasteiger partial charge in [0.25, 0.3) is 5.91 Å². The molecule has 0 aromatic heterocycles. The molecule has 0 unspecified atom stereocenters. The number of carbonyl (C=O) groups excluding carboxylic acids is 3. The molecule has 0 aliphatic heterocycles. The Labute approximate surface area is 162 Å². The van der Waals surface area contributed by atoms with Crippen LogP contribution in [0.5, 0.6) is 11.5 Å². The van der Waals surface area contributed by atoms with E-state index < -0.39 is 24.0 Å². The lowest BCUT2D eigenvalue weighted by atomic mass is 10.2. The Kier molecular flexibility index (Phi) is 7.29. The topological polar surface area (TPSA) is 103 Å². The number of carbonyl (C=O) groups is 3. The van der Waals surface area contributed by atoms with Gasteiger partial charge in [0.05, 0.1) is 24.8 Å². The first-order valence-corrected chi connectivity index (χ1v) is 8.97. The molecule has 0 bridgehead atoms. The summed E-state index contributed by atoms with van der Waals surface area (Å²) in [5, 5.41) is 5.07. The summed E-state index contributed by atoms with van der Waals surface area (Å²) in [6, 6.07) is 2.22. The first-order valence-electron chi connectivity index (χ1n) is 8.59. The summed E-state index contributed by atoms with van der Waals surface area (Å²) in [7, 11) is 2.83. The third kappa shape index (κ3) is 5.50. The number of benzene rings is 1. The molecule has 1 aromatic carbocycles. The molecule has 0 saturated heterocycles. The predicted molar refractivity (Wildman–Crippen MR) is 98.4 cm³/mol. The first-order chi connectivity index (χ1) is 12.8. The van der Waals surface area contributed by atoms with Gasteiger partial charge in [0.1, 0.15) is 0 Å². The van der Waals surface area contributed by atoms with E-state index in [1.807, 2.05) is 0 Å². The fraction of sp³-hybridized carbons (Fsp3) is 0.500. The number of imide groups is 1. The summed E-state index contributed by atoms with van der Waals surface area (Å²) < 4.78 is 15.3. The summed E-state index contributed by atoms with van der Waals surface area (Å²) in [4.78, 5) is 36.2. The SMILES string of the molecule is COc1cc(C(=O)O[C@@H](C)C(=O)NC(=O)NC2CCCC2)cc(Cl)c1OC. The molecule has 8 nitrogen and oxygen atoms in total. The Morgan fingerprint density at radius 1 is 1.15 bits per heavy atom. The first kappa shape index (κ1) is 20.8. The predicted octanol–water partition coefficient (Wildman–Crippen LogP) is 2.67. The minimum Gasteiger partial charge on any atom is -0.493 e. The molecule has 1 saturated carbocycles. The molecular weight excluding hydrogens is 376 g/mol. The van der Waals surface area contributed by atoms with Crippen molar-refractivity contribution in [2.75, 3.05) is 14.2 Å². The van der Waals surface area contributed by atoms with E-state index in [1.54, 1.807) is 0 Å². The van der Waals surface area contributed by atoms with Gasteiger partial charge in [0, 0.05) is 6.04 Å². The maximum absolute atomic E-state index is 12.3. The van der Waals surface area contributed by atoms with Gasteiger partial charge in [-0.2, -0.15) is 0 Å². The monoisotopic (exact) mass is 398 g/mol. The fourth-order valence-corrected chi connectivity index (χ4v) is 3.11. The molecular formula is C18H23ClN2O6. The molecule has 0 radical (unpaired) electrons. The van der Waals surface area contributed by atoms with Gasteiger partial charge in [-0.1, -0.05) is 24.4 Å². The molecule has 1 fully saturated rings. The molecule has 0 heterocycles. The maximum Gasteiger partial charge on any atom is 0.339 e. The summed E-state index contributed by atoms with van der Waals surface area (Å²) in [5.41, 5.74) is 0.0905. The van der Waals surface area contributed by atoms with E-state index in [0.717, 1.165) is 25.7 Å². The molecule has 1 atom stereocenters. The molecule has 148 valence electrons. The Hall–Kier alpha value is -2.48. The number of methoxy groups -OCH3 is 2. The van der Waals surface area contributed by atoms with Crippen molar-refractivity contribution in [3.05, 3.63) is 22.7 Å². The van der Waals surface area contributed by atoms with Crippen LogP contribution in [-0.2, 0) is 9.53 Å². The Morgan fingerprint density at radius 2 is 1.81 bits per heavy atom. The molecule has 1 aromatic rings. The van der Waals surface area contributed by atoms with Crippen LogP contribution in [-0.4, -0.2) is 44.3 Å². The third-order valence-corrected chi connectivity index (χ3v) is 4.53. The molecule has 1 aliphatic carbocycles. The van der Waals surface area contributed by atoms with Crippen molar-refractivity contribution in [3.63, 3.8) is 0 Å². The molecule has 1 aliphatic rings. The number of esters is 1. The van der Waals surface area contributed by atoms with Crippen molar-refractivity contribution in [3.8, 4) is 11.5 Å². The van der Waals surface area contributed by atoms with E-state index in [4.69, 9.17) is 25.8 Å². The number of halogens is 1. The van der Waals surface area contributed by atoms with Crippen LogP contribution in [0, 0.1) is 0 Å². The van der Waals surface area contributed by atoms with Crippen LogP contribution in [0.2, 0.25) is 5.02 Å². The van der Waals surface area contributed by atoms with Gasteiger partial charge in [-0.3, -0.25) is 10.1 Å². The van der Waals surface area contributed by atoms with Gasteiger partial charge in [-0.25, -0.2) is 9.59 Å². The van der Waals surface area contributed by atoms with Crippen LogP contribution in [0.25, 0.3) is 0 Å². The Bertz CT molecular complexity index is 718. The maximum atomic E-state index is 12.3. The Morgan fingerprint density at radius 3 is 2.41 bits per heavy atom. The highest BCUT2D eigenvalue weighted by Crippen LogP contribution is 2.36. The van der Waals surface area contributed by atoms with Crippen molar-refractivity contribution in [1.82, 2.24) is 10.6 Å². The molecule has 2 rings (SSSR count). The smallest absolute Gasteiger partial charge is 0.339 e. The number of hydrogen-bond donors (Lipinski definition) is 2. The zero-order chi connectivity index (χ0) is 20.0. The molecule has 27 heavy (non-hydrogen) atoms. The fourth-order valence-electron chi connectivity index (χ4n) is 2.82. The minimum absolute atomic E-state index is 0.0737. The standard InChI is InChI=1S/C18H23ClN2O6/c1-10(16(22)21-18(24)20-12-6-4-5-7-12)27-17(23)11-8-13(19)15(26-3)14(9-11)25-2/h8-10,12H,4-7H2,1-3H3,(H2,20,21,22,24)/t10-/m0/s1. The third-order valence-electron chi connectivity index (χ3n) is 4.25. The quantitative estimate of drug-likeness (QED) is 0.714. The second kappa shape index (κ2) is 9.45. The highest BCUT2D eigenvalue weighted by Gasteiger charge is 2.24.